The lowest BCUT2D eigenvalue weighted by atomic mass is 9.85. The minimum atomic E-state index is 0.508. The molecule has 0 aliphatic carbocycles. The summed E-state index contributed by atoms with van der Waals surface area (Å²) in [5, 5.41) is 0. The van der Waals surface area contributed by atoms with Crippen LogP contribution in [0, 0.1) is 12.8 Å². The van der Waals surface area contributed by atoms with E-state index in [-0.39, 0.29) is 0 Å². The van der Waals surface area contributed by atoms with E-state index in [1.165, 1.54) is 41.5 Å². The first kappa shape index (κ1) is 15.5. The fourth-order valence-electron chi connectivity index (χ4n) is 2.78. The van der Waals surface area contributed by atoms with E-state index < -0.39 is 0 Å². The molecule has 0 N–H and O–H groups in total. The maximum Gasteiger partial charge on any atom is 0.0273 e. The monoisotopic (exact) mass is 279 g/mol. The molecule has 0 radical (unpaired) electrons. The zero-order valence-corrected chi connectivity index (χ0v) is 13.2. The number of hydrogen-bond donors (Lipinski definition) is 0. The Balaban J connectivity index is 2.16. The van der Waals surface area contributed by atoms with E-state index in [2.05, 4.69) is 61.8 Å². The lowest BCUT2D eigenvalue weighted by molar-refractivity contribution is 0.566. The molecule has 1 aromatic carbocycles. The van der Waals surface area contributed by atoms with Gasteiger partial charge in [0.1, 0.15) is 0 Å². The van der Waals surface area contributed by atoms with Crippen LogP contribution in [0.5, 0.6) is 0 Å². The number of aromatic nitrogens is 1. The number of unbranched alkanes of at least 4 members (excludes halogenated alkanes) is 1. The highest BCUT2D eigenvalue weighted by molar-refractivity contribution is 5.65. The van der Waals surface area contributed by atoms with Crippen LogP contribution in [0.4, 0.5) is 0 Å². The Kier molecular flexibility index (Phi) is 5.74. The van der Waals surface area contributed by atoms with Crippen LogP contribution in [0.3, 0.4) is 0 Å². The van der Waals surface area contributed by atoms with E-state index >= 15 is 0 Å². The summed E-state index contributed by atoms with van der Waals surface area (Å²) in [4.78, 5) is 4.10. The fraction of sp³-hybridized carbons (Fsp3) is 0.350. The lowest BCUT2D eigenvalue weighted by Crippen LogP contribution is -2.07. The van der Waals surface area contributed by atoms with Crippen LogP contribution >= 0.6 is 0 Å². The van der Waals surface area contributed by atoms with Gasteiger partial charge in [0, 0.05) is 12.4 Å². The molecule has 0 amide bonds. The fourth-order valence-corrected chi connectivity index (χ4v) is 2.78. The molecule has 1 nitrogen and oxygen atoms in total. The zero-order chi connectivity index (χ0) is 15.1. The van der Waals surface area contributed by atoms with E-state index in [1.54, 1.807) is 0 Å². The number of nitrogens with zero attached hydrogens (tertiary/aromatic N) is 1. The molecule has 0 spiro atoms. The minimum Gasteiger partial charge on any atom is -0.265 e. The van der Waals surface area contributed by atoms with Crippen molar-refractivity contribution in [3.8, 4) is 0 Å². The molecule has 1 heteroatoms. The van der Waals surface area contributed by atoms with E-state index in [4.69, 9.17) is 0 Å². The smallest absolute Gasteiger partial charge is 0.0273 e. The maximum absolute atomic E-state index is 4.37. The predicted molar refractivity (Wildman–Crippen MR) is 91.2 cm³/mol. The summed E-state index contributed by atoms with van der Waals surface area (Å²) in [6, 6.07) is 13.0. The van der Waals surface area contributed by atoms with Crippen LogP contribution in [-0.4, -0.2) is 4.98 Å². The van der Waals surface area contributed by atoms with Gasteiger partial charge in [-0.2, -0.15) is 0 Å². The van der Waals surface area contributed by atoms with E-state index in [0.717, 1.165) is 6.42 Å². The molecule has 2 aromatic rings. The van der Waals surface area contributed by atoms with Gasteiger partial charge in [-0.1, -0.05) is 56.2 Å². The largest absolute Gasteiger partial charge is 0.265 e. The molecule has 0 aliphatic rings. The van der Waals surface area contributed by atoms with Gasteiger partial charge in [0.2, 0.25) is 0 Å². The van der Waals surface area contributed by atoms with Crippen LogP contribution in [0.1, 0.15) is 42.9 Å². The van der Waals surface area contributed by atoms with E-state index in [1.807, 2.05) is 12.4 Å². The molecule has 0 unspecified atom stereocenters. The van der Waals surface area contributed by atoms with Gasteiger partial charge in [-0.3, -0.25) is 4.98 Å². The summed E-state index contributed by atoms with van der Waals surface area (Å²) in [6.45, 7) is 8.77. The van der Waals surface area contributed by atoms with Crippen molar-refractivity contribution in [1.29, 1.82) is 0 Å². The van der Waals surface area contributed by atoms with Gasteiger partial charge in [0.15, 0.2) is 0 Å². The Hall–Kier alpha value is -1.89. The quantitative estimate of drug-likeness (QED) is 0.656. The number of hydrogen-bond acceptors (Lipinski definition) is 1. The van der Waals surface area contributed by atoms with Crippen LogP contribution in [-0.2, 0) is 6.42 Å². The molecule has 0 fully saturated rings. The number of pyridine rings is 1. The van der Waals surface area contributed by atoms with Crippen molar-refractivity contribution in [1.82, 2.24) is 4.98 Å². The van der Waals surface area contributed by atoms with E-state index in [9.17, 15) is 0 Å². The standard InChI is InChI=1S/C20H25N/c1-4-5-9-20(15-18-8-6-7-16(2)14-18)17(3)19-10-12-21-13-11-19/h6-8,10-14,20H,3-5,9,15H2,1-2H3/t20-/m1/s1. The average molecular weight is 279 g/mol. The lowest BCUT2D eigenvalue weighted by Gasteiger charge is -2.20. The Labute approximate surface area is 128 Å². The van der Waals surface area contributed by atoms with Crippen molar-refractivity contribution in [2.24, 2.45) is 5.92 Å². The predicted octanol–water partition coefficient (Wildman–Crippen LogP) is 5.45. The third-order valence-electron chi connectivity index (χ3n) is 4.01. The van der Waals surface area contributed by atoms with Crippen LogP contribution < -0.4 is 0 Å². The van der Waals surface area contributed by atoms with Gasteiger partial charge in [0.05, 0.1) is 0 Å². The second kappa shape index (κ2) is 7.78. The molecule has 2 rings (SSSR count). The summed E-state index contributed by atoms with van der Waals surface area (Å²) in [7, 11) is 0. The SMILES string of the molecule is C=C(c1ccncc1)[C@H](CCCC)Cc1cccc(C)c1. The molecular formula is C20H25N. The van der Waals surface area contributed by atoms with Crippen molar-refractivity contribution in [2.75, 3.05) is 0 Å². The summed E-state index contributed by atoms with van der Waals surface area (Å²) in [5.74, 6) is 0.508. The van der Waals surface area contributed by atoms with Gasteiger partial charge in [-0.25, -0.2) is 0 Å². The Morgan fingerprint density at radius 2 is 1.95 bits per heavy atom. The van der Waals surface area contributed by atoms with Crippen molar-refractivity contribution in [2.45, 2.75) is 39.5 Å². The number of rotatable bonds is 7. The Morgan fingerprint density at radius 1 is 1.19 bits per heavy atom. The third kappa shape index (κ3) is 4.56. The molecule has 21 heavy (non-hydrogen) atoms. The molecular weight excluding hydrogens is 254 g/mol. The molecule has 0 saturated heterocycles. The number of aryl methyl sites for hydroxylation is 1. The Morgan fingerprint density at radius 3 is 2.62 bits per heavy atom. The maximum atomic E-state index is 4.37. The van der Waals surface area contributed by atoms with Gasteiger partial charge in [0.25, 0.3) is 0 Å². The van der Waals surface area contributed by atoms with Gasteiger partial charge < -0.3 is 0 Å². The van der Waals surface area contributed by atoms with Gasteiger partial charge in [-0.15, -0.1) is 0 Å². The van der Waals surface area contributed by atoms with Crippen molar-refractivity contribution in [3.63, 3.8) is 0 Å². The van der Waals surface area contributed by atoms with Crippen molar-refractivity contribution < 1.29 is 0 Å². The molecule has 0 bridgehead atoms. The highest BCUT2D eigenvalue weighted by atomic mass is 14.6. The second-order valence-corrected chi connectivity index (χ2v) is 5.79. The third-order valence-corrected chi connectivity index (χ3v) is 4.01. The molecule has 1 aromatic heterocycles. The molecule has 1 atom stereocenters. The summed E-state index contributed by atoms with van der Waals surface area (Å²) < 4.78 is 0. The van der Waals surface area contributed by atoms with Crippen molar-refractivity contribution >= 4 is 5.57 Å². The normalized spacial score (nSPS) is 12.1. The first-order chi connectivity index (χ1) is 10.2. The first-order valence-corrected chi connectivity index (χ1v) is 7.85. The minimum absolute atomic E-state index is 0.508. The second-order valence-electron chi connectivity index (χ2n) is 5.79. The average Bonchev–Trinajstić information content (AvgIpc) is 2.51. The van der Waals surface area contributed by atoms with Crippen molar-refractivity contribution in [3.05, 3.63) is 72.1 Å². The Bertz CT molecular complexity index is 571. The summed E-state index contributed by atoms with van der Waals surface area (Å²) in [5.41, 5.74) is 5.20. The first-order valence-electron chi connectivity index (χ1n) is 7.85. The zero-order valence-electron chi connectivity index (χ0n) is 13.2. The molecule has 0 saturated carbocycles. The number of allylic oxidation sites excluding steroid dienone is 1. The van der Waals surface area contributed by atoms with E-state index in [0.29, 0.717) is 5.92 Å². The van der Waals surface area contributed by atoms with Gasteiger partial charge >= 0.3 is 0 Å². The topological polar surface area (TPSA) is 12.9 Å². The molecule has 1 heterocycles. The van der Waals surface area contributed by atoms with Gasteiger partial charge in [-0.05, 0) is 54.5 Å². The van der Waals surface area contributed by atoms with Crippen LogP contribution in [0.25, 0.3) is 5.57 Å². The number of benzene rings is 1. The van der Waals surface area contributed by atoms with Crippen LogP contribution in [0.15, 0.2) is 55.4 Å². The summed E-state index contributed by atoms with van der Waals surface area (Å²) in [6.07, 6.45) is 8.46. The molecule has 0 aliphatic heterocycles. The summed E-state index contributed by atoms with van der Waals surface area (Å²) >= 11 is 0. The molecule has 110 valence electrons. The highest BCUT2D eigenvalue weighted by Gasteiger charge is 2.14. The van der Waals surface area contributed by atoms with Crippen LogP contribution in [0.2, 0.25) is 0 Å². The highest BCUT2D eigenvalue weighted by Crippen LogP contribution is 2.29.